The van der Waals surface area contributed by atoms with E-state index in [1.807, 2.05) is 0 Å². The molecule has 0 radical (unpaired) electrons. The molecule has 12 heteroatoms. The smallest absolute Gasteiger partial charge is 0.421 e. The molecule has 0 unspecified atom stereocenters. The van der Waals surface area contributed by atoms with Crippen LogP contribution in [0.1, 0.15) is 85.3 Å². The highest BCUT2D eigenvalue weighted by Crippen LogP contribution is 2.73. The van der Waals surface area contributed by atoms with Crippen molar-refractivity contribution in [1.29, 1.82) is 0 Å². The summed E-state index contributed by atoms with van der Waals surface area (Å²) < 4.78 is 53.5. The molecular weight excluding hydrogens is 433 g/mol. The summed E-state index contributed by atoms with van der Waals surface area (Å²) in [4.78, 5) is 25.0. The minimum Gasteiger partial charge on any atom is -0.421 e. The molecule has 2 bridgehead atoms. The maximum absolute atomic E-state index is 12.8. The Labute approximate surface area is 179 Å². The third-order valence-electron chi connectivity index (χ3n) is 7.22. The Balaban J connectivity index is 1.10. The van der Waals surface area contributed by atoms with Gasteiger partial charge in [0.25, 0.3) is 5.91 Å². The Morgan fingerprint density at radius 1 is 1.12 bits per heavy atom. The molecule has 5 aliphatic carbocycles. The van der Waals surface area contributed by atoms with Crippen LogP contribution in [0.15, 0.2) is 15.0 Å². The number of aromatic nitrogens is 3. The molecule has 32 heavy (non-hydrogen) atoms. The predicted octanol–water partition coefficient (Wildman–Crippen LogP) is 3.23. The standard InChI is InChI=1S/C20H19F3N4O5/c21-20(22,23)32-19(4-1-5-19)16-26-25-15(30-16)18-7-17(8-18,9-18)14(29)24-13(28)11-6-12(31-27-11)10-2-3-10/h6,10H,1-5,7-9H2,(H,24,28,29). The number of imide groups is 1. The largest absolute Gasteiger partial charge is 0.523 e. The highest BCUT2D eigenvalue weighted by Gasteiger charge is 2.74. The van der Waals surface area contributed by atoms with E-state index in [9.17, 15) is 22.8 Å². The molecule has 0 atom stereocenters. The van der Waals surface area contributed by atoms with Crippen molar-refractivity contribution in [1.82, 2.24) is 20.7 Å². The fourth-order valence-electron chi connectivity index (χ4n) is 5.21. The van der Waals surface area contributed by atoms with E-state index in [1.165, 1.54) is 0 Å². The Bertz CT molecular complexity index is 1090. The Hall–Kier alpha value is -2.76. The minimum atomic E-state index is -4.80. The van der Waals surface area contributed by atoms with Gasteiger partial charge in [-0.05, 0) is 51.4 Å². The molecule has 2 amide bonds. The van der Waals surface area contributed by atoms with Crippen LogP contribution >= 0.6 is 0 Å². The van der Waals surface area contributed by atoms with E-state index in [2.05, 4.69) is 25.4 Å². The SMILES string of the molecule is O=C(NC(=O)C12CC(c3nnc(C4(OC(F)(F)F)CCC4)o3)(C1)C2)c1cc(C2CC2)on1. The molecule has 170 valence electrons. The summed E-state index contributed by atoms with van der Waals surface area (Å²) in [5.74, 6) is -0.0186. The molecule has 0 aliphatic heterocycles. The summed E-state index contributed by atoms with van der Waals surface area (Å²) in [5.41, 5.74) is -2.81. The predicted molar refractivity (Wildman–Crippen MR) is 95.9 cm³/mol. The summed E-state index contributed by atoms with van der Waals surface area (Å²) in [7, 11) is 0. The van der Waals surface area contributed by atoms with Gasteiger partial charge in [0.15, 0.2) is 11.3 Å². The molecule has 0 saturated heterocycles. The van der Waals surface area contributed by atoms with Gasteiger partial charge in [-0.2, -0.15) is 0 Å². The molecule has 7 rings (SSSR count). The highest BCUT2D eigenvalue weighted by molar-refractivity contribution is 6.06. The number of rotatable bonds is 6. The summed E-state index contributed by atoms with van der Waals surface area (Å²) >= 11 is 0. The molecular formula is C20H19F3N4O5. The number of ether oxygens (including phenoxy) is 1. The summed E-state index contributed by atoms with van der Waals surface area (Å²) in [6.45, 7) is 0. The van der Waals surface area contributed by atoms with Crippen LogP contribution in [0, 0.1) is 5.41 Å². The number of hydrogen-bond acceptors (Lipinski definition) is 8. The first kappa shape index (κ1) is 19.9. The van der Waals surface area contributed by atoms with E-state index in [-0.39, 0.29) is 30.3 Å². The lowest BCUT2D eigenvalue weighted by molar-refractivity contribution is -0.387. The number of alkyl halides is 3. The average molecular weight is 452 g/mol. The van der Waals surface area contributed by atoms with E-state index < -0.39 is 34.6 Å². The molecule has 0 aromatic carbocycles. The Morgan fingerprint density at radius 2 is 1.81 bits per heavy atom. The molecule has 2 heterocycles. The van der Waals surface area contributed by atoms with Crippen molar-refractivity contribution in [2.24, 2.45) is 5.41 Å². The lowest BCUT2D eigenvalue weighted by Gasteiger charge is -2.67. The van der Waals surface area contributed by atoms with Crippen LogP contribution < -0.4 is 5.32 Å². The van der Waals surface area contributed by atoms with Gasteiger partial charge in [-0.25, -0.2) is 0 Å². The zero-order chi connectivity index (χ0) is 22.4. The maximum Gasteiger partial charge on any atom is 0.523 e. The van der Waals surface area contributed by atoms with Crippen LogP contribution in [-0.2, 0) is 20.5 Å². The van der Waals surface area contributed by atoms with Gasteiger partial charge in [-0.3, -0.25) is 19.6 Å². The van der Waals surface area contributed by atoms with Gasteiger partial charge in [-0.15, -0.1) is 23.4 Å². The summed E-state index contributed by atoms with van der Waals surface area (Å²) in [5, 5.41) is 13.9. The van der Waals surface area contributed by atoms with Gasteiger partial charge in [0.2, 0.25) is 17.7 Å². The van der Waals surface area contributed by atoms with Gasteiger partial charge in [-0.1, -0.05) is 5.16 Å². The highest BCUT2D eigenvalue weighted by atomic mass is 19.4. The van der Waals surface area contributed by atoms with Gasteiger partial charge < -0.3 is 8.94 Å². The molecule has 0 spiro atoms. The van der Waals surface area contributed by atoms with E-state index >= 15 is 0 Å². The first-order chi connectivity index (χ1) is 15.1. The monoisotopic (exact) mass is 452 g/mol. The third-order valence-corrected chi connectivity index (χ3v) is 7.22. The number of amides is 2. The minimum absolute atomic E-state index is 0.0681. The lowest BCUT2D eigenvalue weighted by atomic mass is 9.34. The number of nitrogens with one attached hydrogen (secondary N) is 1. The van der Waals surface area contributed by atoms with E-state index in [0.717, 1.165) is 12.8 Å². The van der Waals surface area contributed by atoms with Crippen LogP contribution in [0.4, 0.5) is 13.2 Å². The maximum atomic E-state index is 12.8. The first-order valence-electron chi connectivity index (χ1n) is 10.6. The molecule has 5 fully saturated rings. The van der Waals surface area contributed by atoms with Crippen molar-refractivity contribution in [3.63, 3.8) is 0 Å². The van der Waals surface area contributed by atoms with Gasteiger partial charge in [0.1, 0.15) is 5.76 Å². The summed E-state index contributed by atoms with van der Waals surface area (Å²) in [6.07, 6.45) is -0.754. The number of carbonyl (C=O) groups excluding carboxylic acids is 2. The van der Waals surface area contributed by atoms with Crippen molar-refractivity contribution in [3.05, 3.63) is 29.3 Å². The average Bonchev–Trinajstić information content (AvgIpc) is 3.14. The molecule has 1 N–H and O–H groups in total. The van der Waals surface area contributed by atoms with Crippen molar-refractivity contribution < 1.29 is 36.4 Å². The topological polar surface area (TPSA) is 120 Å². The number of carbonyl (C=O) groups is 2. The van der Waals surface area contributed by atoms with Crippen molar-refractivity contribution in [2.75, 3.05) is 0 Å². The molecule has 9 nitrogen and oxygen atoms in total. The summed E-state index contributed by atoms with van der Waals surface area (Å²) in [6, 6.07) is 1.56. The fourth-order valence-corrected chi connectivity index (χ4v) is 5.21. The Kier molecular flexibility index (Phi) is 3.84. The van der Waals surface area contributed by atoms with Crippen LogP contribution in [0.3, 0.4) is 0 Å². The quantitative estimate of drug-likeness (QED) is 0.664. The molecule has 5 saturated carbocycles. The van der Waals surface area contributed by atoms with E-state index in [1.54, 1.807) is 6.07 Å². The van der Waals surface area contributed by atoms with Crippen molar-refractivity contribution >= 4 is 11.8 Å². The van der Waals surface area contributed by atoms with Crippen molar-refractivity contribution in [2.45, 2.75) is 74.7 Å². The number of hydrogen-bond donors (Lipinski definition) is 1. The Morgan fingerprint density at radius 3 is 2.41 bits per heavy atom. The van der Waals surface area contributed by atoms with Crippen LogP contribution in [0.5, 0.6) is 0 Å². The van der Waals surface area contributed by atoms with Crippen LogP contribution in [-0.4, -0.2) is 33.5 Å². The second-order valence-corrected chi connectivity index (χ2v) is 9.57. The van der Waals surface area contributed by atoms with Crippen molar-refractivity contribution in [3.8, 4) is 0 Å². The molecule has 2 aromatic heterocycles. The molecule has 2 aromatic rings. The molecule has 5 aliphatic rings. The first-order valence-corrected chi connectivity index (χ1v) is 10.6. The number of halogens is 3. The van der Waals surface area contributed by atoms with Gasteiger partial charge >= 0.3 is 6.36 Å². The zero-order valence-corrected chi connectivity index (χ0v) is 16.8. The fraction of sp³-hybridized carbons (Fsp3) is 0.650. The van der Waals surface area contributed by atoms with E-state index in [4.69, 9.17) is 8.94 Å². The van der Waals surface area contributed by atoms with Gasteiger partial charge in [0, 0.05) is 12.0 Å². The normalized spacial score (nSPS) is 30.1. The van der Waals surface area contributed by atoms with Crippen LogP contribution in [0.2, 0.25) is 0 Å². The second kappa shape index (κ2) is 6.18. The van der Waals surface area contributed by atoms with Gasteiger partial charge in [0.05, 0.1) is 10.8 Å². The second-order valence-electron chi connectivity index (χ2n) is 9.57. The number of nitrogens with zero attached hydrogens (tertiary/aromatic N) is 3. The third kappa shape index (κ3) is 2.91. The zero-order valence-electron chi connectivity index (χ0n) is 16.8. The lowest BCUT2D eigenvalue weighted by Crippen LogP contribution is -2.70. The van der Waals surface area contributed by atoms with E-state index in [0.29, 0.717) is 37.4 Å². The van der Waals surface area contributed by atoms with Crippen LogP contribution in [0.25, 0.3) is 0 Å².